The Kier molecular flexibility index (Phi) is 3.84. The molecule has 0 aliphatic rings. The Balaban J connectivity index is 2.87. The molecule has 1 aromatic carbocycles. The first-order valence-electron chi connectivity index (χ1n) is 4.76. The van der Waals surface area contributed by atoms with Crippen molar-refractivity contribution in [3.8, 4) is 0 Å². The highest BCUT2D eigenvalue weighted by atomic mass is 32.1. The third-order valence-corrected chi connectivity index (χ3v) is 2.66. The van der Waals surface area contributed by atoms with Gasteiger partial charge in [-0.15, -0.1) is 0 Å². The lowest BCUT2D eigenvalue weighted by molar-refractivity contribution is 0.0816. The highest BCUT2D eigenvalue weighted by Gasteiger charge is 2.31. The van der Waals surface area contributed by atoms with Crippen molar-refractivity contribution < 1.29 is 9.53 Å². The minimum Gasteiger partial charge on any atom is -0.436 e. The molecular weight excluding hydrogens is 224 g/mol. The van der Waals surface area contributed by atoms with Gasteiger partial charge in [0.15, 0.2) is 5.60 Å². The van der Waals surface area contributed by atoms with Crippen LogP contribution in [-0.2, 0) is 11.2 Å². The van der Waals surface area contributed by atoms with Crippen LogP contribution in [0.5, 0.6) is 0 Å². The SMILES string of the molecule is C[C@@](Cc1ccccc1)(OC(N)=O)C(N)=S. The molecule has 1 aromatic rings. The number of carbonyl (C=O) groups excluding carboxylic acids is 1. The van der Waals surface area contributed by atoms with Gasteiger partial charge < -0.3 is 16.2 Å². The molecule has 1 rings (SSSR count). The van der Waals surface area contributed by atoms with Crippen LogP contribution in [0.4, 0.5) is 4.79 Å². The van der Waals surface area contributed by atoms with Gasteiger partial charge in [0, 0.05) is 6.42 Å². The molecule has 0 aromatic heterocycles. The summed E-state index contributed by atoms with van der Waals surface area (Å²) >= 11 is 4.89. The normalized spacial score (nSPS) is 13.8. The quantitative estimate of drug-likeness (QED) is 0.776. The van der Waals surface area contributed by atoms with Crippen LogP contribution in [0.2, 0.25) is 0 Å². The molecule has 0 spiro atoms. The second-order valence-corrected chi connectivity index (χ2v) is 4.12. The molecule has 86 valence electrons. The van der Waals surface area contributed by atoms with E-state index in [4.69, 9.17) is 28.4 Å². The van der Waals surface area contributed by atoms with Gasteiger partial charge in [-0.05, 0) is 12.5 Å². The summed E-state index contributed by atoms with van der Waals surface area (Å²) in [6.07, 6.45) is -0.474. The maximum absolute atomic E-state index is 10.8. The molecule has 5 heteroatoms. The van der Waals surface area contributed by atoms with Crippen LogP contribution >= 0.6 is 12.2 Å². The number of rotatable bonds is 4. The predicted octanol–water partition coefficient (Wildman–Crippen LogP) is 1.37. The molecule has 0 fully saturated rings. The van der Waals surface area contributed by atoms with Crippen molar-refractivity contribution >= 4 is 23.3 Å². The van der Waals surface area contributed by atoms with E-state index in [2.05, 4.69) is 0 Å². The third-order valence-electron chi connectivity index (χ3n) is 2.23. The lowest BCUT2D eigenvalue weighted by atomic mass is 9.96. The number of carbonyl (C=O) groups is 1. The standard InChI is InChI=1S/C11H14N2O2S/c1-11(9(12)16,15-10(13)14)7-8-5-3-2-4-6-8/h2-6H,7H2,1H3,(H2,12,16)(H2,13,14)/t11-/m0/s1. The number of nitrogens with two attached hydrogens (primary N) is 2. The van der Waals surface area contributed by atoms with E-state index >= 15 is 0 Å². The number of thiocarbonyl (C=S) groups is 1. The smallest absolute Gasteiger partial charge is 0.405 e. The molecule has 4 N–H and O–H groups in total. The van der Waals surface area contributed by atoms with Gasteiger partial charge in [-0.25, -0.2) is 4.79 Å². The molecule has 0 aliphatic carbocycles. The van der Waals surface area contributed by atoms with Crippen LogP contribution < -0.4 is 11.5 Å². The van der Waals surface area contributed by atoms with Crippen molar-refractivity contribution in [2.45, 2.75) is 18.9 Å². The average molecular weight is 238 g/mol. The first-order valence-corrected chi connectivity index (χ1v) is 5.17. The molecule has 0 saturated carbocycles. The van der Waals surface area contributed by atoms with Gasteiger partial charge in [-0.2, -0.15) is 0 Å². The molecule has 0 bridgehead atoms. The summed E-state index contributed by atoms with van der Waals surface area (Å²) in [6.45, 7) is 1.65. The van der Waals surface area contributed by atoms with E-state index in [1.54, 1.807) is 6.92 Å². The maximum Gasteiger partial charge on any atom is 0.405 e. The number of primary amides is 1. The van der Waals surface area contributed by atoms with Gasteiger partial charge in [0.1, 0.15) is 4.99 Å². The van der Waals surface area contributed by atoms with Crippen LogP contribution in [0.25, 0.3) is 0 Å². The van der Waals surface area contributed by atoms with Crippen LogP contribution in [0, 0.1) is 0 Å². The molecule has 1 amide bonds. The van der Waals surface area contributed by atoms with Crippen LogP contribution in [0.3, 0.4) is 0 Å². The van der Waals surface area contributed by atoms with Crippen LogP contribution in [0.15, 0.2) is 30.3 Å². The molecule has 0 unspecified atom stereocenters. The van der Waals surface area contributed by atoms with Gasteiger partial charge in [0.05, 0.1) is 0 Å². The first kappa shape index (κ1) is 12.4. The largest absolute Gasteiger partial charge is 0.436 e. The van der Waals surface area contributed by atoms with E-state index in [0.29, 0.717) is 6.42 Å². The predicted molar refractivity (Wildman–Crippen MR) is 66.0 cm³/mol. The van der Waals surface area contributed by atoms with E-state index in [-0.39, 0.29) is 4.99 Å². The van der Waals surface area contributed by atoms with E-state index in [9.17, 15) is 4.79 Å². The molecule has 0 aliphatic heterocycles. The summed E-state index contributed by atoms with van der Waals surface area (Å²) in [5.41, 5.74) is 10.5. The van der Waals surface area contributed by atoms with Crippen molar-refractivity contribution in [3.63, 3.8) is 0 Å². The summed E-state index contributed by atoms with van der Waals surface area (Å²) in [4.78, 5) is 10.9. The van der Waals surface area contributed by atoms with E-state index in [0.717, 1.165) is 5.56 Å². The lowest BCUT2D eigenvalue weighted by Gasteiger charge is -2.27. The molecule has 4 nitrogen and oxygen atoms in total. The third kappa shape index (κ3) is 3.20. The van der Waals surface area contributed by atoms with Crippen LogP contribution in [0.1, 0.15) is 12.5 Å². The van der Waals surface area contributed by atoms with Crippen molar-refractivity contribution in [2.75, 3.05) is 0 Å². The Bertz CT molecular complexity index is 394. The van der Waals surface area contributed by atoms with Crippen molar-refractivity contribution in [1.29, 1.82) is 0 Å². The van der Waals surface area contributed by atoms with E-state index < -0.39 is 11.7 Å². The number of hydrogen-bond acceptors (Lipinski definition) is 3. The first-order chi connectivity index (χ1) is 7.44. The maximum atomic E-state index is 10.8. The zero-order valence-electron chi connectivity index (χ0n) is 8.97. The Morgan fingerprint density at radius 1 is 1.38 bits per heavy atom. The highest BCUT2D eigenvalue weighted by molar-refractivity contribution is 7.80. The molecule has 16 heavy (non-hydrogen) atoms. The Labute approximate surface area is 99.6 Å². The molecule has 0 saturated heterocycles. The zero-order chi connectivity index (χ0) is 12.2. The Hall–Kier alpha value is -1.62. The fraction of sp³-hybridized carbons (Fsp3) is 0.273. The van der Waals surface area contributed by atoms with Gasteiger partial charge in [-0.3, -0.25) is 0 Å². The highest BCUT2D eigenvalue weighted by Crippen LogP contribution is 2.18. The fourth-order valence-electron chi connectivity index (χ4n) is 1.38. The van der Waals surface area contributed by atoms with Gasteiger partial charge >= 0.3 is 6.09 Å². The summed E-state index contributed by atoms with van der Waals surface area (Å²) in [6, 6.07) is 9.48. The number of amides is 1. The number of hydrogen-bond donors (Lipinski definition) is 2. The van der Waals surface area contributed by atoms with E-state index in [1.165, 1.54) is 0 Å². The second-order valence-electron chi connectivity index (χ2n) is 3.68. The minimum absolute atomic E-state index is 0.107. The van der Waals surface area contributed by atoms with Gasteiger partial charge in [-0.1, -0.05) is 42.5 Å². The lowest BCUT2D eigenvalue weighted by Crippen LogP contribution is -2.46. The monoisotopic (exact) mass is 238 g/mol. The Morgan fingerprint density at radius 2 is 1.94 bits per heavy atom. The topological polar surface area (TPSA) is 78.3 Å². The van der Waals surface area contributed by atoms with E-state index in [1.807, 2.05) is 30.3 Å². The summed E-state index contributed by atoms with van der Waals surface area (Å²) in [5, 5.41) is 0. The van der Waals surface area contributed by atoms with Crippen LogP contribution in [-0.4, -0.2) is 16.7 Å². The van der Waals surface area contributed by atoms with Crippen molar-refractivity contribution in [2.24, 2.45) is 11.5 Å². The minimum atomic E-state index is -1.04. The fourth-order valence-corrected chi connectivity index (χ4v) is 1.49. The Morgan fingerprint density at radius 3 is 2.38 bits per heavy atom. The summed E-state index contributed by atoms with van der Waals surface area (Å²) in [5.74, 6) is 0. The second kappa shape index (κ2) is 4.94. The van der Waals surface area contributed by atoms with Gasteiger partial charge in [0.2, 0.25) is 0 Å². The molecule has 0 radical (unpaired) electrons. The average Bonchev–Trinajstić information content (AvgIpc) is 2.17. The number of ether oxygens (including phenoxy) is 1. The zero-order valence-corrected chi connectivity index (χ0v) is 9.79. The van der Waals surface area contributed by atoms with Gasteiger partial charge in [0.25, 0.3) is 0 Å². The molecular formula is C11H14N2O2S. The summed E-state index contributed by atoms with van der Waals surface area (Å²) < 4.78 is 4.98. The van der Waals surface area contributed by atoms with Crippen molar-refractivity contribution in [3.05, 3.63) is 35.9 Å². The summed E-state index contributed by atoms with van der Waals surface area (Å²) in [7, 11) is 0. The number of benzene rings is 1. The molecule has 1 atom stereocenters. The van der Waals surface area contributed by atoms with Crippen molar-refractivity contribution in [1.82, 2.24) is 0 Å². The molecule has 0 heterocycles.